The number of hydrogen-bond donors (Lipinski definition) is 1. The third kappa shape index (κ3) is 2.14. The Morgan fingerprint density at radius 2 is 1.55 bits per heavy atom. The highest BCUT2D eigenvalue weighted by molar-refractivity contribution is 5.90. The van der Waals surface area contributed by atoms with E-state index in [1.54, 1.807) is 43.3 Å². The van der Waals surface area contributed by atoms with Gasteiger partial charge in [-0.05, 0) is 23.6 Å². The molecule has 2 aromatic carbocycles. The van der Waals surface area contributed by atoms with Gasteiger partial charge in [-0.1, -0.05) is 54.6 Å². The normalized spacial score (nSPS) is 31.8. The highest BCUT2D eigenvalue weighted by Gasteiger charge is 2.79. The lowest BCUT2D eigenvalue weighted by molar-refractivity contribution is -0.253. The molecule has 2 bridgehead atoms. The summed E-state index contributed by atoms with van der Waals surface area (Å²) in [4.78, 5) is 0. The minimum absolute atomic E-state index is 0.407. The molecule has 4 unspecified atom stereocenters. The molecule has 0 aromatic heterocycles. The van der Waals surface area contributed by atoms with Crippen LogP contribution in [0.15, 0.2) is 54.6 Å². The molecule has 0 spiro atoms. The van der Waals surface area contributed by atoms with Crippen molar-refractivity contribution < 1.29 is 9.47 Å². The van der Waals surface area contributed by atoms with Crippen molar-refractivity contribution in [3.8, 4) is 18.2 Å². The van der Waals surface area contributed by atoms with Crippen LogP contribution in [0.4, 0.5) is 0 Å². The van der Waals surface area contributed by atoms with Gasteiger partial charge in [0.1, 0.15) is 6.10 Å². The molecule has 0 saturated carbocycles. The van der Waals surface area contributed by atoms with Crippen LogP contribution in [0.5, 0.6) is 0 Å². The summed E-state index contributed by atoms with van der Waals surface area (Å²) in [6.07, 6.45) is -1.05. The van der Waals surface area contributed by atoms with Crippen molar-refractivity contribution in [2.45, 2.75) is 31.7 Å². The molecule has 0 aliphatic carbocycles. The Kier molecular flexibility index (Phi) is 3.98. The zero-order valence-electron chi connectivity index (χ0n) is 16.0. The molecule has 2 fully saturated rings. The van der Waals surface area contributed by atoms with Crippen LogP contribution in [-0.2, 0) is 9.47 Å². The van der Waals surface area contributed by atoms with Crippen molar-refractivity contribution in [2.24, 2.45) is 10.8 Å². The molecule has 6 heteroatoms. The van der Waals surface area contributed by atoms with Crippen LogP contribution in [0.3, 0.4) is 0 Å². The molecule has 2 heterocycles. The smallest absolute Gasteiger partial charge is 0.218 e. The van der Waals surface area contributed by atoms with E-state index < -0.39 is 34.5 Å². The highest BCUT2D eigenvalue weighted by Crippen LogP contribution is 2.69. The number of rotatable bonds is 2. The molecule has 0 amide bonds. The van der Waals surface area contributed by atoms with Crippen LogP contribution >= 0.6 is 0 Å². The Bertz CT molecular complexity index is 1110. The SMILES string of the molecule is Cc1ccccc1C1OC2(C)OC(=N)C(C#N)(C2c2ccccc2)C1(C#N)C#N. The van der Waals surface area contributed by atoms with Gasteiger partial charge in [-0.15, -0.1) is 0 Å². The number of ether oxygens (including phenoxy) is 2. The van der Waals surface area contributed by atoms with Gasteiger partial charge in [0.25, 0.3) is 0 Å². The van der Waals surface area contributed by atoms with Crippen LogP contribution in [0, 0.1) is 57.2 Å². The molecule has 1 N–H and O–H groups in total. The van der Waals surface area contributed by atoms with E-state index >= 15 is 0 Å². The summed E-state index contributed by atoms with van der Waals surface area (Å²) in [5.41, 5.74) is -1.66. The van der Waals surface area contributed by atoms with Crippen molar-refractivity contribution in [3.63, 3.8) is 0 Å². The second-order valence-corrected chi connectivity index (χ2v) is 7.60. The zero-order valence-corrected chi connectivity index (χ0v) is 16.0. The maximum atomic E-state index is 10.4. The Hall–Kier alpha value is -3.66. The second-order valence-electron chi connectivity index (χ2n) is 7.60. The number of nitriles is 3. The Labute approximate surface area is 169 Å². The van der Waals surface area contributed by atoms with Gasteiger partial charge < -0.3 is 9.47 Å². The minimum Gasteiger partial charge on any atom is -0.447 e. The number of nitrogens with one attached hydrogen (secondary N) is 1. The number of benzene rings is 2. The molecule has 0 radical (unpaired) electrons. The summed E-state index contributed by atoms with van der Waals surface area (Å²) >= 11 is 0. The summed E-state index contributed by atoms with van der Waals surface area (Å²) < 4.78 is 12.2. The lowest BCUT2D eigenvalue weighted by Gasteiger charge is -2.49. The van der Waals surface area contributed by atoms with Crippen LogP contribution in [0.2, 0.25) is 0 Å². The average Bonchev–Trinajstić information content (AvgIpc) is 2.92. The minimum atomic E-state index is -1.97. The molecule has 29 heavy (non-hydrogen) atoms. The van der Waals surface area contributed by atoms with E-state index in [-0.39, 0.29) is 0 Å². The van der Waals surface area contributed by atoms with E-state index in [2.05, 4.69) is 18.2 Å². The zero-order chi connectivity index (χ0) is 20.9. The largest absolute Gasteiger partial charge is 0.447 e. The standard InChI is InChI=1S/C23H18N4O2/c1-15-8-6-7-11-17(15)19-22(12-24,13-25)23(14-26)18(16-9-4-3-5-10-16)21(2,28-19)29-20(23)27/h3-11,18-19,27H,1-2H3. The molecule has 6 nitrogen and oxygen atoms in total. The fraction of sp³-hybridized carbons (Fsp3) is 0.304. The van der Waals surface area contributed by atoms with Crippen molar-refractivity contribution in [2.75, 3.05) is 0 Å². The van der Waals surface area contributed by atoms with E-state index in [0.29, 0.717) is 11.1 Å². The van der Waals surface area contributed by atoms with Gasteiger partial charge in [0.2, 0.25) is 17.1 Å². The monoisotopic (exact) mass is 382 g/mol. The van der Waals surface area contributed by atoms with Gasteiger partial charge in [0.05, 0.1) is 24.1 Å². The molecule has 2 aliphatic heterocycles. The summed E-state index contributed by atoms with van der Waals surface area (Å²) in [6, 6.07) is 22.7. The molecule has 2 aromatic rings. The van der Waals surface area contributed by atoms with Gasteiger partial charge >= 0.3 is 0 Å². The van der Waals surface area contributed by atoms with Gasteiger partial charge in [-0.3, -0.25) is 5.41 Å². The van der Waals surface area contributed by atoms with Crippen molar-refractivity contribution in [1.29, 1.82) is 21.2 Å². The van der Waals surface area contributed by atoms with Gasteiger partial charge in [0.15, 0.2) is 5.41 Å². The number of aryl methyl sites for hydroxylation is 1. The topological polar surface area (TPSA) is 114 Å². The van der Waals surface area contributed by atoms with Crippen molar-refractivity contribution in [1.82, 2.24) is 0 Å². The Balaban J connectivity index is 2.07. The quantitative estimate of drug-likeness (QED) is 0.839. The first-order chi connectivity index (χ1) is 13.9. The Morgan fingerprint density at radius 3 is 2.14 bits per heavy atom. The van der Waals surface area contributed by atoms with E-state index in [0.717, 1.165) is 5.56 Å². The summed E-state index contributed by atoms with van der Waals surface area (Å²) in [6.45, 7) is 3.53. The molecule has 2 saturated heterocycles. The first kappa shape index (κ1) is 18.7. The summed E-state index contributed by atoms with van der Waals surface area (Å²) in [5, 5.41) is 39.5. The Morgan fingerprint density at radius 1 is 0.931 bits per heavy atom. The van der Waals surface area contributed by atoms with Crippen molar-refractivity contribution in [3.05, 3.63) is 71.3 Å². The number of fused-ring (bicyclic) bond motifs is 2. The first-order valence-corrected chi connectivity index (χ1v) is 9.20. The molecule has 4 atom stereocenters. The van der Waals surface area contributed by atoms with Crippen LogP contribution < -0.4 is 0 Å². The van der Waals surface area contributed by atoms with Gasteiger partial charge in [0, 0.05) is 6.92 Å². The fourth-order valence-electron chi connectivity index (χ4n) is 4.79. The predicted octanol–water partition coefficient (Wildman–Crippen LogP) is 4.12. The lowest BCUT2D eigenvalue weighted by atomic mass is 9.52. The van der Waals surface area contributed by atoms with Crippen LogP contribution in [0.25, 0.3) is 0 Å². The molecular formula is C23H18N4O2. The van der Waals surface area contributed by atoms with Crippen molar-refractivity contribution >= 4 is 5.90 Å². The molecule has 2 aliphatic rings. The van der Waals surface area contributed by atoms with Gasteiger partial charge in [-0.2, -0.15) is 15.8 Å². The number of hydrogen-bond acceptors (Lipinski definition) is 6. The summed E-state index contributed by atoms with van der Waals surface area (Å²) in [5.74, 6) is -2.60. The van der Waals surface area contributed by atoms with E-state index in [1.807, 2.05) is 25.1 Å². The first-order valence-electron chi connectivity index (χ1n) is 9.20. The maximum Gasteiger partial charge on any atom is 0.218 e. The molecule has 142 valence electrons. The third-order valence-electron chi connectivity index (χ3n) is 6.12. The number of nitrogens with zero attached hydrogens (tertiary/aromatic N) is 3. The third-order valence-corrected chi connectivity index (χ3v) is 6.12. The second kappa shape index (κ2) is 6.17. The van der Waals surface area contributed by atoms with Gasteiger partial charge in [-0.25, -0.2) is 0 Å². The average molecular weight is 382 g/mol. The van der Waals surface area contributed by atoms with Crippen LogP contribution in [-0.4, -0.2) is 11.7 Å². The maximum absolute atomic E-state index is 10.4. The summed E-state index contributed by atoms with van der Waals surface area (Å²) in [7, 11) is 0. The van der Waals surface area contributed by atoms with E-state index in [1.165, 1.54) is 0 Å². The highest BCUT2D eigenvalue weighted by atomic mass is 16.7. The van der Waals surface area contributed by atoms with E-state index in [9.17, 15) is 15.8 Å². The lowest BCUT2D eigenvalue weighted by Crippen LogP contribution is -2.57. The molecule has 4 rings (SSSR count). The van der Waals surface area contributed by atoms with E-state index in [4.69, 9.17) is 14.9 Å². The molecular weight excluding hydrogens is 364 g/mol. The van der Waals surface area contributed by atoms with Crippen LogP contribution in [0.1, 0.15) is 35.6 Å². The predicted molar refractivity (Wildman–Crippen MR) is 103 cm³/mol. The fourth-order valence-corrected chi connectivity index (χ4v) is 4.79.